The molecular weight excluding hydrogens is 275 g/mol. The number of carbonyl (C=O) groups is 1. The average Bonchev–Trinajstić information content (AvgIpc) is 3.17. The number of carbonyl (C=O) groups excluding carboxylic acids is 1. The third-order valence-electron chi connectivity index (χ3n) is 3.40. The standard InChI is InChI=1S/C16H15FO4/c17-11-3-5-15(20-10-13-2-1-7-19-13)14(8-11)16-6-4-12(9-18)21-16/h3-6,8-9,13H,1-2,7,10H2. The Labute approximate surface area is 121 Å². The molecule has 0 saturated carbocycles. The Morgan fingerprint density at radius 3 is 2.95 bits per heavy atom. The van der Waals surface area contributed by atoms with Crippen LogP contribution in [0.3, 0.4) is 0 Å². The number of benzene rings is 1. The van der Waals surface area contributed by atoms with E-state index in [1.54, 1.807) is 12.1 Å². The van der Waals surface area contributed by atoms with E-state index in [0.717, 1.165) is 19.4 Å². The molecule has 0 N–H and O–H groups in total. The van der Waals surface area contributed by atoms with Gasteiger partial charge in [0.1, 0.15) is 23.9 Å². The Hall–Kier alpha value is -2.14. The lowest BCUT2D eigenvalue weighted by molar-refractivity contribution is 0.0681. The van der Waals surface area contributed by atoms with Crippen molar-refractivity contribution in [3.63, 3.8) is 0 Å². The topological polar surface area (TPSA) is 48.7 Å². The number of furan rings is 1. The van der Waals surface area contributed by atoms with E-state index in [0.29, 0.717) is 30.0 Å². The van der Waals surface area contributed by atoms with Crippen molar-refractivity contribution in [3.8, 4) is 17.1 Å². The van der Waals surface area contributed by atoms with E-state index >= 15 is 0 Å². The maximum absolute atomic E-state index is 13.5. The molecule has 0 amide bonds. The first-order chi connectivity index (χ1) is 10.3. The molecule has 5 heteroatoms. The number of aldehydes is 1. The summed E-state index contributed by atoms with van der Waals surface area (Å²) < 4.78 is 30.0. The molecule has 2 aromatic rings. The lowest BCUT2D eigenvalue weighted by atomic mass is 10.1. The normalized spacial score (nSPS) is 17.9. The summed E-state index contributed by atoms with van der Waals surface area (Å²) in [5.41, 5.74) is 0.487. The summed E-state index contributed by atoms with van der Waals surface area (Å²) in [7, 11) is 0. The fourth-order valence-electron chi connectivity index (χ4n) is 2.34. The second-order valence-electron chi connectivity index (χ2n) is 4.91. The highest BCUT2D eigenvalue weighted by atomic mass is 19.1. The molecule has 1 aliphatic rings. The Bertz CT molecular complexity index is 629. The summed E-state index contributed by atoms with van der Waals surface area (Å²) >= 11 is 0. The van der Waals surface area contributed by atoms with Gasteiger partial charge in [0.05, 0.1) is 11.7 Å². The quantitative estimate of drug-likeness (QED) is 0.791. The summed E-state index contributed by atoms with van der Waals surface area (Å²) in [5, 5.41) is 0. The van der Waals surface area contributed by atoms with E-state index in [-0.39, 0.29) is 11.9 Å². The van der Waals surface area contributed by atoms with E-state index in [1.165, 1.54) is 18.2 Å². The van der Waals surface area contributed by atoms with Crippen LogP contribution in [-0.4, -0.2) is 25.6 Å². The third kappa shape index (κ3) is 3.13. The maximum atomic E-state index is 13.5. The third-order valence-corrected chi connectivity index (χ3v) is 3.40. The minimum atomic E-state index is -0.390. The van der Waals surface area contributed by atoms with E-state index in [1.807, 2.05) is 0 Å². The van der Waals surface area contributed by atoms with Crippen LogP contribution in [0.15, 0.2) is 34.7 Å². The average molecular weight is 290 g/mol. The van der Waals surface area contributed by atoms with Gasteiger partial charge in [-0.2, -0.15) is 0 Å². The van der Waals surface area contributed by atoms with E-state index in [2.05, 4.69) is 0 Å². The van der Waals surface area contributed by atoms with Gasteiger partial charge in [-0.1, -0.05) is 0 Å². The predicted octanol–water partition coefficient (Wildman–Crippen LogP) is 3.46. The van der Waals surface area contributed by atoms with Gasteiger partial charge < -0.3 is 13.9 Å². The Morgan fingerprint density at radius 2 is 2.24 bits per heavy atom. The predicted molar refractivity (Wildman–Crippen MR) is 74.0 cm³/mol. The zero-order valence-electron chi connectivity index (χ0n) is 11.4. The van der Waals surface area contributed by atoms with E-state index in [4.69, 9.17) is 13.9 Å². The van der Waals surface area contributed by atoms with Crippen LogP contribution < -0.4 is 4.74 Å². The smallest absolute Gasteiger partial charge is 0.185 e. The number of halogens is 1. The highest BCUT2D eigenvalue weighted by molar-refractivity contribution is 5.74. The molecular formula is C16H15FO4. The number of hydrogen-bond donors (Lipinski definition) is 0. The van der Waals surface area contributed by atoms with Crippen molar-refractivity contribution in [2.45, 2.75) is 18.9 Å². The molecule has 1 atom stereocenters. The molecule has 0 bridgehead atoms. The monoisotopic (exact) mass is 290 g/mol. The van der Waals surface area contributed by atoms with Crippen molar-refractivity contribution in [3.05, 3.63) is 41.9 Å². The molecule has 1 aromatic heterocycles. The highest BCUT2D eigenvalue weighted by Crippen LogP contribution is 2.32. The van der Waals surface area contributed by atoms with Crippen LogP contribution in [0.25, 0.3) is 11.3 Å². The molecule has 1 fully saturated rings. The highest BCUT2D eigenvalue weighted by Gasteiger charge is 2.18. The van der Waals surface area contributed by atoms with Gasteiger partial charge in [-0.3, -0.25) is 4.79 Å². The molecule has 0 radical (unpaired) electrons. The second kappa shape index (κ2) is 6.10. The van der Waals surface area contributed by atoms with Crippen molar-refractivity contribution in [2.24, 2.45) is 0 Å². The van der Waals surface area contributed by atoms with Crippen molar-refractivity contribution in [1.82, 2.24) is 0 Å². The van der Waals surface area contributed by atoms with Gasteiger partial charge in [0.15, 0.2) is 12.0 Å². The molecule has 1 aliphatic heterocycles. The molecule has 1 unspecified atom stereocenters. The van der Waals surface area contributed by atoms with E-state index < -0.39 is 5.82 Å². The molecule has 1 aromatic carbocycles. The molecule has 4 nitrogen and oxygen atoms in total. The van der Waals surface area contributed by atoms with Crippen LogP contribution in [0, 0.1) is 5.82 Å². The van der Waals surface area contributed by atoms with Crippen LogP contribution in [0.5, 0.6) is 5.75 Å². The lowest BCUT2D eigenvalue weighted by Crippen LogP contribution is -2.16. The van der Waals surface area contributed by atoms with Crippen LogP contribution in [0.4, 0.5) is 4.39 Å². The Kier molecular flexibility index (Phi) is 4.01. The molecule has 0 spiro atoms. The Balaban J connectivity index is 1.83. The summed E-state index contributed by atoms with van der Waals surface area (Å²) in [5.74, 6) is 0.718. The fraction of sp³-hybridized carbons (Fsp3) is 0.312. The maximum Gasteiger partial charge on any atom is 0.185 e. The van der Waals surface area contributed by atoms with Gasteiger partial charge in [0.2, 0.25) is 0 Å². The minimum absolute atomic E-state index is 0.0741. The second-order valence-corrected chi connectivity index (χ2v) is 4.91. The summed E-state index contributed by atoms with van der Waals surface area (Å²) in [6, 6.07) is 7.38. The summed E-state index contributed by atoms with van der Waals surface area (Å²) in [4.78, 5) is 10.7. The molecule has 0 aliphatic carbocycles. The Morgan fingerprint density at radius 1 is 1.33 bits per heavy atom. The van der Waals surface area contributed by atoms with Crippen LogP contribution in [0.2, 0.25) is 0 Å². The van der Waals surface area contributed by atoms with Crippen LogP contribution >= 0.6 is 0 Å². The van der Waals surface area contributed by atoms with Gasteiger partial charge in [-0.25, -0.2) is 4.39 Å². The van der Waals surface area contributed by atoms with Crippen LogP contribution in [0.1, 0.15) is 23.4 Å². The summed E-state index contributed by atoms with van der Waals surface area (Å²) in [6.07, 6.45) is 2.68. The van der Waals surface area contributed by atoms with Crippen molar-refractivity contribution in [2.75, 3.05) is 13.2 Å². The molecule has 110 valence electrons. The number of hydrogen-bond acceptors (Lipinski definition) is 4. The van der Waals surface area contributed by atoms with Gasteiger partial charge in [-0.15, -0.1) is 0 Å². The van der Waals surface area contributed by atoms with Crippen LogP contribution in [-0.2, 0) is 4.74 Å². The van der Waals surface area contributed by atoms with E-state index in [9.17, 15) is 9.18 Å². The van der Waals surface area contributed by atoms with Crippen molar-refractivity contribution >= 4 is 6.29 Å². The molecule has 2 heterocycles. The largest absolute Gasteiger partial charge is 0.490 e. The SMILES string of the molecule is O=Cc1ccc(-c2cc(F)ccc2OCC2CCCO2)o1. The molecule has 1 saturated heterocycles. The zero-order chi connectivity index (χ0) is 14.7. The zero-order valence-corrected chi connectivity index (χ0v) is 11.4. The van der Waals surface area contributed by atoms with Crippen molar-refractivity contribution < 1.29 is 23.1 Å². The van der Waals surface area contributed by atoms with Gasteiger partial charge in [0.25, 0.3) is 0 Å². The molecule has 21 heavy (non-hydrogen) atoms. The van der Waals surface area contributed by atoms with Gasteiger partial charge in [0, 0.05) is 6.61 Å². The number of rotatable bonds is 5. The van der Waals surface area contributed by atoms with Gasteiger partial charge >= 0.3 is 0 Å². The first-order valence-electron chi connectivity index (χ1n) is 6.85. The number of ether oxygens (including phenoxy) is 2. The first kappa shape index (κ1) is 13.8. The fourth-order valence-corrected chi connectivity index (χ4v) is 2.34. The summed E-state index contributed by atoms with van der Waals surface area (Å²) in [6.45, 7) is 1.17. The first-order valence-corrected chi connectivity index (χ1v) is 6.85. The molecule has 3 rings (SSSR count). The van der Waals surface area contributed by atoms with Gasteiger partial charge in [-0.05, 0) is 43.2 Å². The van der Waals surface area contributed by atoms with Crippen molar-refractivity contribution in [1.29, 1.82) is 0 Å². The lowest BCUT2D eigenvalue weighted by Gasteiger charge is -2.13. The minimum Gasteiger partial charge on any atom is -0.490 e.